The van der Waals surface area contributed by atoms with Gasteiger partial charge >= 0.3 is 0 Å². The zero-order valence-electron chi connectivity index (χ0n) is 12.8. The summed E-state index contributed by atoms with van der Waals surface area (Å²) in [6.07, 6.45) is 2.36. The van der Waals surface area contributed by atoms with E-state index in [2.05, 4.69) is 20.6 Å². The van der Waals surface area contributed by atoms with Crippen LogP contribution in [0.15, 0.2) is 30.3 Å². The van der Waals surface area contributed by atoms with Crippen LogP contribution < -0.4 is 10.6 Å². The fourth-order valence-electron chi connectivity index (χ4n) is 2.76. The molecule has 1 fully saturated rings. The lowest BCUT2D eigenvalue weighted by molar-refractivity contribution is 0.389. The van der Waals surface area contributed by atoms with Gasteiger partial charge in [0.15, 0.2) is 5.82 Å². The molecule has 5 heteroatoms. The summed E-state index contributed by atoms with van der Waals surface area (Å²) >= 11 is 0. The number of hydrogen-bond donors (Lipinski definition) is 2. The highest BCUT2D eigenvalue weighted by atomic mass is 19.1. The topological polar surface area (TPSA) is 49.8 Å². The van der Waals surface area contributed by atoms with Crippen LogP contribution in [0.3, 0.4) is 0 Å². The Kier molecular flexibility index (Phi) is 4.63. The van der Waals surface area contributed by atoms with Crippen molar-refractivity contribution in [2.75, 3.05) is 25.0 Å². The predicted octanol–water partition coefficient (Wildman–Crippen LogP) is 3.00. The highest BCUT2D eigenvalue weighted by Gasteiger charge is 2.14. The first-order valence-corrected chi connectivity index (χ1v) is 7.77. The normalized spacial score (nSPS) is 15.7. The molecule has 0 radical (unpaired) electrons. The Bertz CT molecular complexity index is 638. The van der Waals surface area contributed by atoms with E-state index in [0.717, 1.165) is 31.1 Å². The Morgan fingerprint density at radius 3 is 2.77 bits per heavy atom. The number of nitrogens with one attached hydrogen (secondary N) is 2. The molecule has 2 heterocycles. The second-order valence-corrected chi connectivity index (χ2v) is 5.77. The minimum atomic E-state index is -0.294. The van der Waals surface area contributed by atoms with Crippen LogP contribution in [0.2, 0.25) is 0 Å². The van der Waals surface area contributed by atoms with E-state index in [0.29, 0.717) is 17.3 Å². The Hall–Kier alpha value is -2.01. The first-order valence-electron chi connectivity index (χ1n) is 7.77. The van der Waals surface area contributed by atoms with Crippen molar-refractivity contribution in [1.29, 1.82) is 0 Å². The van der Waals surface area contributed by atoms with Crippen molar-refractivity contribution in [3.63, 3.8) is 0 Å². The smallest absolute Gasteiger partial charge is 0.164 e. The van der Waals surface area contributed by atoms with Crippen molar-refractivity contribution >= 4 is 5.82 Å². The molecule has 0 spiro atoms. The van der Waals surface area contributed by atoms with Crippen LogP contribution in [-0.4, -0.2) is 29.6 Å². The SMILES string of the molecule is Cc1cc(NCC2CCNCC2)nc(-c2ccccc2F)n1. The molecule has 2 aromatic rings. The molecule has 0 amide bonds. The number of anilines is 1. The van der Waals surface area contributed by atoms with E-state index in [9.17, 15) is 4.39 Å². The third-order valence-corrected chi connectivity index (χ3v) is 4.00. The van der Waals surface area contributed by atoms with Gasteiger partial charge in [-0.2, -0.15) is 0 Å². The van der Waals surface area contributed by atoms with Gasteiger partial charge in [-0.1, -0.05) is 12.1 Å². The molecular formula is C17H21FN4. The molecule has 0 atom stereocenters. The summed E-state index contributed by atoms with van der Waals surface area (Å²) in [5, 5.41) is 6.75. The zero-order valence-corrected chi connectivity index (χ0v) is 12.8. The molecule has 1 aromatic carbocycles. The molecule has 1 aromatic heterocycles. The van der Waals surface area contributed by atoms with E-state index in [1.54, 1.807) is 18.2 Å². The molecule has 0 saturated carbocycles. The Balaban J connectivity index is 1.76. The average Bonchev–Trinajstić information content (AvgIpc) is 2.54. The van der Waals surface area contributed by atoms with E-state index in [-0.39, 0.29) is 5.82 Å². The minimum absolute atomic E-state index is 0.294. The third-order valence-electron chi connectivity index (χ3n) is 4.00. The van der Waals surface area contributed by atoms with Crippen molar-refractivity contribution in [3.8, 4) is 11.4 Å². The fraction of sp³-hybridized carbons (Fsp3) is 0.412. The van der Waals surface area contributed by atoms with Gasteiger partial charge in [-0.3, -0.25) is 0 Å². The van der Waals surface area contributed by atoms with E-state index in [1.807, 2.05) is 13.0 Å². The maximum atomic E-state index is 13.9. The van der Waals surface area contributed by atoms with Gasteiger partial charge in [0.1, 0.15) is 11.6 Å². The molecule has 1 aliphatic rings. The van der Waals surface area contributed by atoms with Gasteiger partial charge in [0.25, 0.3) is 0 Å². The van der Waals surface area contributed by atoms with Crippen molar-refractivity contribution in [2.45, 2.75) is 19.8 Å². The molecular weight excluding hydrogens is 279 g/mol. The maximum Gasteiger partial charge on any atom is 0.164 e. The Morgan fingerprint density at radius 2 is 2.00 bits per heavy atom. The van der Waals surface area contributed by atoms with Crippen LogP contribution in [-0.2, 0) is 0 Å². The van der Waals surface area contributed by atoms with Crippen LogP contribution in [0.1, 0.15) is 18.5 Å². The Labute approximate surface area is 130 Å². The van der Waals surface area contributed by atoms with Gasteiger partial charge < -0.3 is 10.6 Å². The molecule has 0 aliphatic carbocycles. The lowest BCUT2D eigenvalue weighted by Crippen LogP contribution is -2.31. The average molecular weight is 300 g/mol. The lowest BCUT2D eigenvalue weighted by Gasteiger charge is -2.23. The number of piperidine rings is 1. The van der Waals surface area contributed by atoms with Crippen molar-refractivity contribution in [2.24, 2.45) is 5.92 Å². The number of aryl methyl sites for hydroxylation is 1. The number of nitrogens with zero attached hydrogens (tertiary/aromatic N) is 2. The molecule has 2 N–H and O–H groups in total. The van der Waals surface area contributed by atoms with E-state index >= 15 is 0 Å². The van der Waals surface area contributed by atoms with Gasteiger partial charge in [-0.15, -0.1) is 0 Å². The molecule has 4 nitrogen and oxygen atoms in total. The lowest BCUT2D eigenvalue weighted by atomic mass is 9.98. The predicted molar refractivity (Wildman–Crippen MR) is 86.2 cm³/mol. The first-order chi connectivity index (χ1) is 10.7. The van der Waals surface area contributed by atoms with Crippen molar-refractivity contribution in [1.82, 2.24) is 15.3 Å². The highest BCUT2D eigenvalue weighted by molar-refractivity contribution is 5.58. The number of benzene rings is 1. The molecule has 116 valence electrons. The summed E-state index contributed by atoms with van der Waals surface area (Å²) < 4.78 is 13.9. The van der Waals surface area contributed by atoms with Crippen LogP contribution in [0.25, 0.3) is 11.4 Å². The maximum absolute atomic E-state index is 13.9. The summed E-state index contributed by atoms with van der Waals surface area (Å²) in [5.41, 5.74) is 1.28. The summed E-state index contributed by atoms with van der Waals surface area (Å²) in [6.45, 7) is 4.96. The van der Waals surface area contributed by atoms with Gasteiger partial charge in [0.05, 0.1) is 5.56 Å². The fourth-order valence-corrected chi connectivity index (χ4v) is 2.76. The monoisotopic (exact) mass is 300 g/mol. The molecule has 3 rings (SSSR count). The molecule has 1 aliphatic heterocycles. The second kappa shape index (κ2) is 6.83. The number of halogens is 1. The van der Waals surface area contributed by atoms with Crippen molar-refractivity contribution in [3.05, 3.63) is 41.8 Å². The number of rotatable bonds is 4. The Morgan fingerprint density at radius 1 is 1.23 bits per heavy atom. The largest absolute Gasteiger partial charge is 0.370 e. The molecule has 22 heavy (non-hydrogen) atoms. The van der Waals surface area contributed by atoms with Crippen LogP contribution in [0, 0.1) is 18.7 Å². The second-order valence-electron chi connectivity index (χ2n) is 5.77. The van der Waals surface area contributed by atoms with Gasteiger partial charge in [0, 0.05) is 18.3 Å². The van der Waals surface area contributed by atoms with Crippen LogP contribution in [0.5, 0.6) is 0 Å². The number of aromatic nitrogens is 2. The standard InChI is InChI=1S/C17H21FN4/c1-12-10-16(20-11-13-6-8-19-9-7-13)22-17(21-12)14-4-2-3-5-15(14)18/h2-5,10,13,19H,6-9,11H2,1H3,(H,20,21,22). The minimum Gasteiger partial charge on any atom is -0.370 e. The summed E-state index contributed by atoms with van der Waals surface area (Å²) in [7, 11) is 0. The van der Waals surface area contributed by atoms with Crippen molar-refractivity contribution < 1.29 is 4.39 Å². The van der Waals surface area contributed by atoms with E-state index < -0.39 is 0 Å². The summed E-state index contributed by atoms with van der Waals surface area (Å²) in [4.78, 5) is 8.83. The van der Waals surface area contributed by atoms with Gasteiger partial charge in [0.2, 0.25) is 0 Å². The summed E-state index contributed by atoms with van der Waals surface area (Å²) in [5.74, 6) is 1.57. The molecule has 0 unspecified atom stereocenters. The van der Waals surface area contributed by atoms with Crippen LogP contribution >= 0.6 is 0 Å². The summed E-state index contributed by atoms with van der Waals surface area (Å²) in [6, 6.07) is 8.52. The van der Waals surface area contributed by atoms with Gasteiger partial charge in [-0.25, -0.2) is 14.4 Å². The number of hydrogen-bond acceptors (Lipinski definition) is 4. The van der Waals surface area contributed by atoms with E-state index in [1.165, 1.54) is 18.9 Å². The zero-order chi connectivity index (χ0) is 15.4. The van der Waals surface area contributed by atoms with Gasteiger partial charge in [-0.05, 0) is 50.9 Å². The highest BCUT2D eigenvalue weighted by Crippen LogP contribution is 2.21. The quantitative estimate of drug-likeness (QED) is 0.911. The third kappa shape index (κ3) is 3.60. The molecule has 1 saturated heterocycles. The molecule has 0 bridgehead atoms. The van der Waals surface area contributed by atoms with Crippen LogP contribution in [0.4, 0.5) is 10.2 Å². The first kappa shape index (κ1) is 14.9. The van der Waals surface area contributed by atoms with E-state index in [4.69, 9.17) is 0 Å².